The quantitative estimate of drug-likeness (QED) is 0.853. The highest BCUT2D eigenvalue weighted by Gasteiger charge is 2.36. The molecule has 2 N–H and O–H groups in total. The number of nitrogens with zero attached hydrogens (tertiary/aromatic N) is 1. The topological polar surface area (TPSA) is 29.3 Å². The van der Waals surface area contributed by atoms with Crippen molar-refractivity contribution in [2.75, 3.05) is 5.88 Å². The number of likely N-dealkylation sites (tertiary alicyclic amines) is 1. The van der Waals surface area contributed by atoms with Crippen LogP contribution < -0.4 is 5.73 Å². The molecule has 3 heteroatoms. The predicted octanol–water partition coefficient (Wildman–Crippen LogP) is 2.85. The van der Waals surface area contributed by atoms with Crippen molar-refractivity contribution < 1.29 is 0 Å². The summed E-state index contributed by atoms with van der Waals surface area (Å²) in [6, 6.07) is 11.8. The maximum Gasteiger partial charge on any atom is 0.0281 e. The second-order valence-electron chi connectivity index (χ2n) is 5.47. The molecule has 1 aliphatic heterocycles. The number of hydrogen-bond donors (Lipinski definition) is 1. The molecule has 0 bridgehead atoms. The summed E-state index contributed by atoms with van der Waals surface area (Å²) in [5.74, 6) is 1.05. The van der Waals surface area contributed by atoms with Gasteiger partial charge in [-0.15, -0.1) is 11.6 Å². The molecule has 2 rings (SSSR count). The molecule has 1 heterocycles. The van der Waals surface area contributed by atoms with Crippen molar-refractivity contribution in [2.24, 2.45) is 11.7 Å². The lowest BCUT2D eigenvalue weighted by molar-refractivity contribution is 0.0453. The first kappa shape index (κ1) is 13.9. The molecule has 4 atom stereocenters. The minimum Gasteiger partial charge on any atom is -0.327 e. The lowest BCUT2D eigenvalue weighted by atomic mass is 9.83. The first-order valence-corrected chi connectivity index (χ1v) is 7.28. The summed E-state index contributed by atoms with van der Waals surface area (Å²) >= 11 is 6.08. The van der Waals surface area contributed by atoms with Gasteiger partial charge in [0.25, 0.3) is 0 Å². The minimum absolute atomic E-state index is 0.236. The van der Waals surface area contributed by atoms with Crippen LogP contribution in [0.5, 0.6) is 0 Å². The fourth-order valence-corrected chi connectivity index (χ4v) is 3.53. The van der Waals surface area contributed by atoms with E-state index in [1.165, 1.54) is 5.56 Å². The summed E-state index contributed by atoms with van der Waals surface area (Å²) in [6.07, 6.45) is 1.04. The van der Waals surface area contributed by atoms with Gasteiger partial charge in [0.2, 0.25) is 0 Å². The van der Waals surface area contributed by atoms with Crippen LogP contribution in [0.4, 0.5) is 0 Å². The minimum atomic E-state index is 0.236. The fourth-order valence-electron chi connectivity index (χ4n) is 3.05. The molecule has 1 aromatic rings. The molecule has 0 amide bonds. The van der Waals surface area contributed by atoms with Gasteiger partial charge < -0.3 is 5.73 Å². The molecule has 0 aliphatic carbocycles. The van der Waals surface area contributed by atoms with Crippen LogP contribution in [0.25, 0.3) is 0 Å². The number of alkyl halides is 1. The van der Waals surface area contributed by atoms with Crippen molar-refractivity contribution in [3.63, 3.8) is 0 Å². The molecule has 18 heavy (non-hydrogen) atoms. The van der Waals surface area contributed by atoms with Crippen LogP contribution in [-0.4, -0.2) is 28.9 Å². The molecule has 4 unspecified atom stereocenters. The summed E-state index contributed by atoms with van der Waals surface area (Å²) in [4.78, 5) is 2.53. The number of benzene rings is 1. The number of rotatable bonds is 3. The van der Waals surface area contributed by atoms with Crippen LogP contribution in [0.3, 0.4) is 0 Å². The lowest BCUT2D eigenvalue weighted by Crippen LogP contribution is -2.56. The van der Waals surface area contributed by atoms with Crippen LogP contribution >= 0.6 is 11.6 Å². The molecule has 1 fully saturated rings. The largest absolute Gasteiger partial charge is 0.327 e. The van der Waals surface area contributed by atoms with Crippen LogP contribution in [0, 0.1) is 5.92 Å². The summed E-state index contributed by atoms with van der Waals surface area (Å²) in [7, 11) is 0. The van der Waals surface area contributed by atoms with E-state index in [0.717, 1.165) is 13.0 Å². The van der Waals surface area contributed by atoms with E-state index in [4.69, 9.17) is 17.3 Å². The molecule has 0 aromatic heterocycles. The van der Waals surface area contributed by atoms with Gasteiger partial charge in [0.1, 0.15) is 0 Å². The summed E-state index contributed by atoms with van der Waals surface area (Å²) in [5.41, 5.74) is 7.58. The van der Waals surface area contributed by atoms with E-state index in [9.17, 15) is 0 Å². The summed E-state index contributed by atoms with van der Waals surface area (Å²) < 4.78 is 0. The number of piperidine rings is 1. The van der Waals surface area contributed by atoms with E-state index in [2.05, 4.69) is 49.1 Å². The van der Waals surface area contributed by atoms with Gasteiger partial charge in [0, 0.05) is 36.5 Å². The Kier molecular flexibility index (Phi) is 4.66. The Morgan fingerprint density at radius 3 is 2.56 bits per heavy atom. The molecule has 0 radical (unpaired) electrons. The van der Waals surface area contributed by atoms with Gasteiger partial charge in [-0.1, -0.05) is 30.3 Å². The van der Waals surface area contributed by atoms with Gasteiger partial charge in [-0.05, 0) is 25.8 Å². The van der Waals surface area contributed by atoms with Gasteiger partial charge in [-0.2, -0.15) is 0 Å². The van der Waals surface area contributed by atoms with Gasteiger partial charge in [0.15, 0.2) is 0 Å². The first-order valence-electron chi connectivity index (χ1n) is 6.74. The third-order valence-electron chi connectivity index (χ3n) is 4.26. The molecule has 0 spiro atoms. The third kappa shape index (κ3) is 2.87. The van der Waals surface area contributed by atoms with Crippen molar-refractivity contribution in [3.05, 3.63) is 35.9 Å². The Labute approximate surface area is 115 Å². The Hall–Kier alpha value is -0.570. The van der Waals surface area contributed by atoms with Crippen molar-refractivity contribution in [1.82, 2.24) is 4.90 Å². The van der Waals surface area contributed by atoms with E-state index in [-0.39, 0.29) is 6.04 Å². The molecular formula is C15H23ClN2. The predicted molar refractivity (Wildman–Crippen MR) is 77.7 cm³/mol. The number of nitrogens with two attached hydrogens (primary N) is 1. The van der Waals surface area contributed by atoms with Crippen molar-refractivity contribution in [1.29, 1.82) is 0 Å². The molecule has 1 aliphatic rings. The molecule has 0 saturated carbocycles. The maximum absolute atomic E-state index is 6.21. The Balaban J connectivity index is 2.11. The zero-order valence-corrected chi connectivity index (χ0v) is 12.0. The molecule has 1 saturated heterocycles. The van der Waals surface area contributed by atoms with Crippen molar-refractivity contribution in [3.8, 4) is 0 Å². The average Bonchev–Trinajstić information content (AvgIpc) is 2.36. The molecule has 2 nitrogen and oxygen atoms in total. The zero-order chi connectivity index (χ0) is 13.1. The second-order valence-corrected chi connectivity index (χ2v) is 5.77. The summed E-state index contributed by atoms with van der Waals surface area (Å²) in [5, 5.41) is 0. The van der Waals surface area contributed by atoms with Crippen molar-refractivity contribution in [2.45, 2.75) is 44.9 Å². The Morgan fingerprint density at radius 1 is 1.28 bits per heavy atom. The second kappa shape index (κ2) is 6.05. The average molecular weight is 267 g/mol. The van der Waals surface area contributed by atoms with Crippen molar-refractivity contribution >= 4 is 11.6 Å². The van der Waals surface area contributed by atoms with Gasteiger partial charge >= 0.3 is 0 Å². The highest BCUT2D eigenvalue weighted by molar-refractivity contribution is 6.18. The maximum atomic E-state index is 6.21. The monoisotopic (exact) mass is 266 g/mol. The van der Waals surface area contributed by atoms with Crippen LogP contribution in [0.1, 0.15) is 25.8 Å². The zero-order valence-electron chi connectivity index (χ0n) is 11.2. The smallest absolute Gasteiger partial charge is 0.0281 e. The normalized spacial score (nSPS) is 33.6. The highest BCUT2D eigenvalue weighted by Crippen LogP contribution is 2.29. The lowest BCUT2D eigenvalue weighted by Gasteiger charge is -2.46. The van der Waals surface area contributed by atoms with Gasteiger partial charge in [0.05, 0.1) is 0 Å². The summed E-state index contributed by atoms with van der Waals surface area (Å²) in [6.45, 7) is 5.51. The van der Waals surface area contributed by atoms with E-state index >= 15 is 0 Å². The van der Waals surface area contributed by atoms with Crippen LogP contribution in [0.2, 0.25) is 0 Å². The Morgan fingerprint density at radius 2 is 1.94 bits per heavy atom. The standard InChI is InChI=1S/C15H23ClN2/c1-11-8-15(17)14(9-16)12(2)18(11)10-13-6-4-3-5-7-13/h3-7,11-12,14-15H,8-10,17H2,1-2H3. The van der Waals surface area contributed by atoms with Gasteiger partial charge in [-0.25, -0.2) is 0 Å². The van der Waals surface area contributed by atoms with E-state index in [0.29, 0.717) is 23.9 Å². The number of halogens is 1. The van der Waals surface area contributed by atoms with E-state index in [1.54, 1.807) is 0 Å². The molecular weight excluding hydrogens is 244 g/mol. The third-order valence-corrected chi connectivity index (χ3v) is 4.61. The molecule has 1 aromatic carbocycles. The van der Waals surface area contributed by atoms with E-state index < -0.39 is 0 Å². The fraction of sp³-hybridized carbons (Fsp3) is 0.600. The van der Waals surface area contributed by atoms with Crippen LogP contribution in [-0.2, 0) is 6.54 Å². The first-order chi connectivity index (χ1) is 8.63. The van der Waals surface area contributed by atoms with Gasteiger partial charge in [-0.3, -0.25) is 4.90 Å². The highest BCUT2D eigenvalue weighted by atomic mass is 35.5. The molecule has 100 valence electrons. The Bertz CT molecular complexity index is 368. The van der Waals surface area contributed by atoms with Crippen LogP contribution in [0.15, 0.2) is 30.3 Å². The number of hydrogen-bond acceptors (Lipinski definition) is 2. The SMILES string of the molecule is CC1CC(N)C(CCl)C(C)N1Cc1ccccc1. The van der Waals surface area contributed by atoms with E-state index in [1.807, 2.05) is 0 Å².